The first kappa shape index (κ1) is 16.4. The molecule has 1 fully saturated rings. The lowest BCUT2D eigenvalue weighted by molar-refractivity contribution is 0.130. The summed E-state index contributed by atoms with van der Waals surface area (Å²) in [6.45, 7) is 1.84. The standard InChI is InChI=1S/C19H22N4OS/c24-18-13-16(21-19-23(18)11-12-25-19)14-22-10-4-2-6-17(22)8-7-15-5-1-3-9-20-15/h1,3,5,9,11-13,17H,2,4,6-8,10,14H2/t17-/m0/s1. The molecule has 25 heavy (non-hydrogen) atoms. The van der Waals surface area contributed by atoms with Crippen molar-refractivity contribution >= 4 is 16.3 Å². The second kappa shape index (κ2) is 7.45. The van der Waals surface area contributed by atoms with Gasteiger partial charge in [-0.3, -0.25) is 19.1 Å². The minimum Gasteiger partial charge on any atom is -0.295 e. The predicted octanol–water partition coefficient (Wildman–Crippen LogP) is 3.14. The molecule has 0 aliphatic carbocycles. The van der Waals surface area contributed by atoms with Crippen LogP contribution in [-0.4, -0.2) is 31.9 Å². The quantitative estimate of drug-likeness (QED) is 0.706. The number of aromatic nitrogens is 3. The Morgan fingerprint density at radius 1 is 1.24 bits per heavy atom. The van der Waals surface area contributed by atoms with E-state index in [2.05, 4.69) is 27.0 Å². The molecule has 4 heterocycles. The summed E-state index contributed by atoms with van der Waals surface area (Å²) in [5.74, 6) is 0. The van der Waals surface area contributed by atoms with Crippen molar-refractivity contribution in [2.75, 3.05) is 6.54 Å². The number of hydrogen-bond acceptors (Lipinski definition) is 5. The smallest absolute Gasteiger partial charge is 0.258 e. The molecule has 1 aliphatic heterocycles. The lowest BCUT2D eigenvalue weighted by atomic mass is 9.97. The van der Waals surface area contributed by atoms with Crippen molar-refractivity contribution in [1.29, 1.82) is 0 Å². The van der Waals surface area contributed by atoms with Gasteiger partial charge in [-0.2, -0.15) is 0 Å². The minimum absolute atomic E-state index is 0.0169. The van der Waals surface area contributed by atoms with E-state index in [4.69, 9.17) is 0 Å². The average molecular weight is 354 g/mol. The van der Waals surface area contributed by atoms with E-state index in [1.807, 2.05) is 17.6 Å². The molecule has 0 amide bonds. The van der Waals surface area contributed by atoms with Gasteiger partial charge in [-0.15, -0.1) is 11.3 Å². The highest BCUT2D eigenvalue weighted by Gasteiger charge is 2.23. The highest BCUT2D eigenvalue weighted by molar-refractivity contribution is 7.15. The highest BCUT2D eigenvalue weighted by Crippen LogP contribution is 2.23. The molecular weight excluding hydrogens is 332 g/mol. The summed E-state index contributed by atoms with van der Waals surface area (Å²) in [4.78, 5) is 24.6. The number of thiazole rings is 1. The number of hydrogen-bond donors (Lipinski definition) is 0. The molecule has 1 atom stereocenters. The van der Waals surface area contributed by atoms with Gasteiger partial charge < -0.3 is 0 Å². The fraction of sp³-hybridized carbons (Fsp3) is 0.421. The van der Waals surface area contributed by atoms with Gasteiger partial charge in [-0.25, -0.2) is 4.98 Å². The first-order valence-corrected chi connectivity index (χ1v) is 9.77. The summed E-state index contributed by atoms with van der Waals surface area (Å²) in [6.07, 6.45) is 9.48. The molecule has 130 valence electrons. The molecular formula is C19H22N4OS. The molecule has 3 aromatic rings. The van der Waals surface area contributed by atoms with E-state index < -0.39 is 0 Å². The predicted molar refractivity (Wildman–Crippen MR) is 99.9 cm³/mol. The molecule has 4 rings (SSSR count). The molecule has 1 saturated heterocycles. The summed E-state index contributed by atoms with van der Waals surface area (Å²) in [5, 5.41) is 1.91. The number of pyridine rings is 1. The van der Waals surface area contributed by atoms with Gasteiger partial charge in [0.05, 0.1) is 5.69 Å². The van der Waals surface area contributed by atoms with Crippen LogP contribution in [0.1, 0.15) is 37.1 Å². The Kier molecular flexibility index (Phi) is 4.90. The fourth-order valence-corrected chi connectivity index (χ4v) is 4.37. The lowest BCUT2D eigenvalue weighted by Gasteiger charge is -2.35. The number of nitrogens with zero attached hydrogens (tertiary/aromatic N) is 4. The van der Waals surface area contributed by atoms with Crippen LogP contribution in [0.15, 0.2) is 46.8 Å². The van der Waals surface area contributed by atoms with Gasteiger partial charge in [0, 0.05) is 42.1 Å². The first-order chi connectivity index (χ1) is 12.3. The topological polar surface area (TPSA) is 50.5 Å². The van der Waals surface area contributed by atoms with Crippen LogP contribution in [0, 0.1) is 0 Å². The number of rotatable bonds is 5. The van der Waals surface area contributed by atoms with Gasteiger partial charge in [-0.1, -0.05) is 12.5 Å². The van der Waals surface area contributed by atoms with E-state index in [9.17, 15) is 4.79 Å². The molecule has 0 unspecified atom stereocenters. The van der Waals surface area contributed by atoms with Crippen LogP contribution < -0.4 is 5.56 Å². The molecule has 1 aliphatic rings. The van der Waals surface area contributed by atoms with Crippen molar-refractivity contribution in [3.63, 3.8) is 0 Å². The van der Waals surface area contributed by atoms with Crippen molar-refractivity contribution in [2.45, 2.75) is 44.7 Å². The van der Waals surface area contributed by atoms with Gasteiger partial charge >= 0.3 is 0 Å². The minimum atomic E-state index is 0.0169. The molecule has 0 N–H and O–H groups in total. The molecule has 0 radical (unpaired) electrons. The second-order valence-electron chi connectivity index (χ2n) is 6.62. The van der Waals surface area contributed by atoms with Gasteiger partial charge in [-0.05, 0) is 44.4 Å². The Hall–Kier alpha value is -2.05. The monoisotopic (exact) mass is 354 g/mol. The van der Waals surface area contributed by atoms with Crippen molar-refractivity contribution < 1.29 is 0 Å². The van der Waals surface area contributed by atoms with E-state index >= 15 is 0 Å². The van der Waals surface area contributed by atoms with E-state index in [1.165, 1.54) is 30.6 Å². The van der Waals surface area contributed by atoms with Gasteiger partial charge in [0.2, 0.25) is 0 Å². The maximum Gasteiger partial charge on any atom is 0.258 e. The normalized spacial score (nSPS) is 18.6. The summed E-state index contributed by atoms with van der Waals surface area (Å²) in [6, 6.07) is 8.33. The lowest BCUT2D eigenvalue weighted by Crippen LogP contribution is -2.39. The Morgan fingerprint density at radius 3 is 3.08 bits per heavy atom. The zero-order valence-electron chi connectivity index (χ0n) is 14.2. The third-order valence-corrected chi connectivity index (χ3v) is 5.69. The van der Waals surface area contributed by atoms with Crippen LogP contribution in [0.3, 0.4) is 0 Å². The van der Waals surface area contributed by atoms with Gasteiger partial charge in [0.1, 0.15) is 0 Å². The summed E-state index contributed by atoms with van der Waals surface area (Å²) in [5.41, 5.74) is 2.06. The molecule has 3 aromatic heterocycles. The maximum absolute atomic E-state index is 12.2. The zero-order chi connectivity index (χ0) is 17.1. The van der Waals surface area contributed by atoms with E-state index in [1.54, 1.807) is 16.7 Å². The molecule has 0 aromatic carbocycles. The van der Waals surface area contributed by atoms with Crippen molar-refractivity contribution in [3.05, 3.63) is 63.8 Å². The van der Waals surface area contributed by atoms with Gasteiger partial charge in [0.15, 0.2) is 4.96 Å². The Bertz CT molecular complexity index is 889. The number of piperidine rings is 1. The van der Waals surface area contributed by atoms with Crippen molar-refractivity contribution in [3.8, 4) is 0 Å². The third-order valence-electron chi connectivity index (χ3n) is 4.93. The maximum atomic E-state index is 12.2. The van der Waals surface area contributed by atoms with Crippen LogP contribution in [0.25, 0.3) is 4.96 Å². The average Bonchev–Trinajstić information content (AvgIpc) is 3.11. The Morgan fingerprint density at radius 2 is 2.20 bits per heavy atom. The van der Waals surface area contributed by atoms with E-state index in [0.717, 1.165) is 42.3 Å². The third kappa shape index (κ3) is 3.80. The Labute approximate surface area is 151 Å². The first-order valence-electron chi connectivity index (χ1n) is 8.89. The highest BCUT2D eigenvalue weighted by atomic mass is 32.1. The van der Waals surface area contributed by atoms with Crippen molar-refractivity contribution in [2.24, 2.45) is 0 Å². The molecule has 0 spiro atoms. The van der Waals surface area contributed by atoms with Crippen LogP contribution in [0.2, 0.25) is 0 Å². The van der Waals surface area contributed by atoms with Crippen LogP contribution in [0.4, 0.5) is 0 Å². The fourth-order valence-electron chi connectivity index (χ4n) is 3.63. The number of aryl methyl sites for hydroxylation is 1. The summed E-state index contributed by atoms with van der Waals surface area (Å²) in [7, 11) is 0. The van der Waals surface area contributed by atoms with Crippen LogP contribution in [-0.2, 0) is 13.0 Å². The molecule has 5 nitrogen and oxygen atoms in total. The van der Waals surface area contributed by atoms with E-state index in [-0.39, 0.29) is 5.56 Å². The van der Waals surface area contributed by atoms with Crippen LogP contribution >= 0.6 is 11.3 Å². The second-order valence-corrected chi connectivity index (χ2v) is 7.49. The summed E-state index contributed by atoms with van der Waals surface area (Å²) < 4.78 is 1.61. The van der Waals surface area contributed by atoms with Crippen LogP contribution in [0.5, 0.6) is 0 Å². The largest absolute Gasteiger partial charge is 0.295 e. The zero-order valence-corrected chi connectivity index (χ0v) is 15.0. The Balaban J connectivity index is 1.47. The van der Waals surface area contributed by atoms with E-state index in [0.29, 0.717) is 6.04 Å². The number of likely N-dealkylation sites (tertiary alicyclic amines) is 1. The van der Waals surface area contributed by atoms with Gasteiger partial charge in [0.25, 0.3) is 5.56 Å². The number of fused-ring (bicyclic) bond motifs is 1. The molecule has 6 heteroatoms. The molecule has 0 saturated carbocycles. The molecule has 0 bridgehead atoms. The summed E-state index contributed by atoms with van der Waals surface area (Å²) >= 11 is 1.51. The SMILES string of the molecule is O=c1cc(CN2CCCC[C@H]2CCc2ccccn2)nc2sccn12. The van der Waals surface area contributed by atoms with Crippen molar-refractivity contribution in [1.82, 2.24) is 19.3 Å².